The van der Waals surface area contributed by atoms with E-state index in [1.165, 1.54) is 0 Å². The number of rotatable bonds is 6. The lowest BCUT2D eigenvalue weighted by Crippen LogP contribution is -2.40. The van der Waals surface area contributed by atoms with Gasteiger partial charge < -0.3 is 20.3 Å². The van der Waals surface area contributed by atoms with Gasteiger partial charge in [-0.25, -0.2) is 0 Å². The number of hydrogen-bond donors (Lipinski definition) is 2. The second-order valence-corrected chi connectivity index (χ2v) is 9.08. The van der Waals surface area contributed by atoms with Gasteiger partial charge in [-0.15, -0.1) is 5.10 Å². The van der Waals surface area contributed by atoms with Crippen molar-refractivity contribution in [1.82, 2.24) is 15.1 Å². The molecule has 8 heteroatoms. The predicted molar refractivity (Wildman–Crippen MR) is 138 cm³/mol. The van der Waals surface area contributed by atoms with E-state index in [-0.39, 0.29) is 18.0 Å². The number of nitrogens with zero attached hydrogens (tertiary/aromatic N) is 4. The number of ether oxygens (including phenoxy) is 1. The molecule has 2 N–H and O–H groups in total. The molecule has 2 aromatic carbocycles. The molecule has 3 aromatic rings. The fourth-order valence-electron chi connectivity index (χ4n) is 4.77. The van der Waals surface area contributed by atoms with Crippen LogP contribution < -0.4 is 10.6 Å². The SMILES string of the molecule is CNc1cc2c(N[C@H](C)c3cccc(C#N)c3C)nnc(C)c2cc1C(=O)N(C)C1CCOCC1. The minimum Gasteiger partial charge on any atom is -0.387 e. The number of hydrogen-bond acceptors (Lipinski definition) is 7. The summed E-state index contributed by atoms with van der Waals surface area (Å²) in [7, 11) is 3.69. The lowest BCUT2D eigenvalue weighted by atomic mass is 9.97. The summed E-state index contributed by atoms with van der Waals surface area (Å²) in [4.78, 5) is 15.3. The van der Waals surface area contributed by atoms with E-state index in [9.17, 15) is 10.1 Å². The van der Waals surface area contributed by atoms with E-state index in [0.29, 0.717) is 30.2 Å². The van der Waals surface area contributed by atoms with E-state index in [4.69, 9.17) is 4.74 Å². The van der Waals surface area contributed by atoms with E-state index in [0.717, 1.165) is 46.1 Å². The minimum absolute atomic E-state index is 0.0221. The van der Waals surface area contributed by atoms with Crippen molar-refractivity contribution in [3.05, 3.63) is 58.3 Å². The van der Waals surface area contributed by atoms with E-state index < -0.39 is 0 Å². The first-order valence-corrected chi connectivity index (χ1v) is 12.0. The molecular formula is C27H32N6O2. The molecule has 35 heavy (non-hydrogen) atoms. The number of amides is 1. The van der Waals surface area contributed by atoms with Crippen molar-refractivity contribution in [2.24, 2.45) is 0 Å². The van der Waals surface area contributed by atoms with Crippen LogP contribution in [0.1, 0.15) is 58.5 Å². The highest BCUT2D eigenvalue weighted by Crippen LogP contribution is 2.33. The molecule has 8 nitrogen and oxygen atoms in total. The lowest BCUT2D eigenvalue weighted by Gasteiger charge is -2.31. The molecule has 1 aromatic heterocycles. The van der Waals surface area contributed by atoms with Crippen molar-refractivity contribution in [1.29, 1.82) is 5.26 Å². The van der Waals surface area contributed by atoms with Gasteiger partial charge in [0.1, 0.15) is 0 Å². The van der Waals surface area contributed by atoms with Crippen LogP contribution in [0.4, 0.5) is 11.5 Å². The van der Waals surface area contributed by atoms with Gasteiger partial charge in [0, 0.05) is 49.8 Å². The Morgan fingerprint density at radius 3 is 2.63 bits per heavy atom. The van der Waals surface area contributed by atoms with Gasteiger partial charge in [-0.05, 0) is 62.9 Å². The summed E-state index contributed by atoms with van der Waals surface area (Å²) in [6, 6.07) is 11.9. The molecule has 2 heterocycles. The molecule has 1 saturated heterocycles. The van der Waals surface area contributed by atoms with Crippen molar-refractivity contribution < 1.29 is 9.53 Å². The minimum atomic E-state index is -0.0949. The van der Waals surface area contributed by atoms with Crippen molar-refractivity contribution >= 4 is 28.2 Å². The normalized spacial score (nSPS) is 14.9. The van der Waals surface area contributed by atoms with Crippen LogP contribution >= 0.6 is 0 Å². The van der Waals surface area contributed by atoms with Crippen LogP contribution in [0.15, 0.2) is 30.3 Å². The Morgan fingerprint density at radius 1 is 1.20 bits per heavy atom. The van der Waals surface area contributed by atoms with Crippen molar-refractivity contribution in [3.63, 3.8) is 0 Å². The summed E-state index contributed by atoms with van der Waals surface area (Å²) in [5.41, 5.74) is 4.74. The maximum absolute atomic E-state index is 13.5. The average molecular weight is 473 g/mol. The van der Waals surface area contributed by atoms with Gasteiger partial charge in [0.15, 0.2) is 5.82 Å². The number of anilines is 2. The Labute approximate surface area is 206 Å². The lowest BCUT2D eigenvalue weighted by molar-refractivity contribution is 0.0362. The first-order valence-electron chi connectivity index (χ1n) is 12.0. The number of aryl methyl sites for hydroxylation is 1. The quantitative estimate of drug-likeness (QED) is 0.541. The largest absolute Gasteiger partial charge is 0.387 e. The van der Waals surface area contributed by atoms with Gasteiger partial charge in [-0.2, -0.15) is 10.4 Å². The van der Waals surface area contributed by atoms with E-state index in [2.05, 4.69) is 26.9 Å². The monoisotopic (exact) mass is 472 g/mol. The van der Waals surface area contributed by atoms with Crippen LogP contribution in [-0.4, -0.2) is 54.4 Å². The van der Waals surface area contributed by atoms with Crippen LogP contribution in [-0.2, 0) is 4.74 Å². The van der Waals surface area contributed by atoms with Crippen molar-refractivity contribution in [2.45, 2.75) is 45.7 Å². The van der Waals surface area contributed by atoms with Crippen molar-refractivity contribution in [3.8, 4) is 6.07 Å². The zero-order valence-electron chi connectivity index (χ0n) is 21.0. The molecule has 1 amide bonds. The highest BCUT2D eigenvalue weighted by atomic mass is 16.5. The summed E-state index contributed by atoms with van der Waals surface area (Å²) in [5, 5.41) is 26.6. The van der Waals surface area contributed by atoms with Gasteiger partial charge in [0.05, 0.1) is 28.9 Å². The molecule has 1 fully saturated rings. The number of nitriles is 1. The molecule has 0 spiro atoms. The van der Waals surface area contributed by atoms with E-state index in [1.807, 2.05) is 70.1 Å². The topological polar surface area (TPSA) is 103 Å². The highest BCUT2D eigenvalue weighted by Gasteiger charge is 2.26. The predicted octanol–water partition coefficient (Wildman–Crippen LogP) is 4.58. The third-order valence-electron chi connectivity index (χ3n) is 6.98. The molecule has 4 rings (SSSR count). The number of aromatic nitrogens is 2. The molecule has 0 saturated carbocycles. The molecule has 0 radical (unpaired) electrons. The van der Waals surface area contributed by atoms with Gasteiger partial charge in [-0.1, -0.05) is 12.1 Å². The number of carbonyl (C=O) groups is 1. The standard InChI is InChI=1S/C27H32N6O2/c1-16-19(15-28)7-6-8-21(16)17(2)30-26-23-14-25(29-4)24(13-22(23)18(3)31-32-26)27(34)33(5)20-9-11-35-12-10-20/h6-8,13-14,17,20,29H,9-12H2,1-5H3,(H,30,32)/t17-/m1/s1. The Kier molecular flexibility index (Phi) is 7.17. The maximum atomic E-state index is 13.5. The first kappa shape index (κ1) is 24.4. The highest BCUT2D eigenvalue weighted by molar-refractivity contribution is 6.06. The third-order valence-corrected chi connectivity index (χ3v) is 6.98. The third kappa shape index (κ3) is 4.77. The summed E-state index contributed by atoms with van der Waals surface area (Å²) < 4.78 is 5.46. The Bertz CT molecular complexity index is 1290. The van der Waals surface area contributed by atoms with Crippen LogP contribution in [0.25, 0.3) is 10.8 Å². The summed E-state index contributed by atoms with van der Waals surface area (Å²) >= 11 is 0. The van der Waals surface area contributed by atoms with Gasteiger partial charge >= 0.3 is 0 Å². The second kappa shape index (κ2) is 10.3. The second-order valence-electron chi connectivity index (χ2n) is 9.08. The number of carbonyl (C=O) groups excluding carboxylic acids is 1. The first-order chi connectivity index (χ1) is 16.8. The zero-order valence-corrected chi connectivity index (χ0v) is 21.0. The summed E-state index contributed by atoms with van der Waals surface area (Å²) in [6.45, 7) is 7.25. The molecular weight excluding hydrogens is 440 g/mol. The van der Waals surface area contributed by atoms with Gasteiger partial charge in [-0.3, -0.25) is 4.79 Å². The van der Waals surface area contributed by atoms with Crippen LogP contribution in [0.5, 0.6) is 0 Å². The number of nitrogens with one attached hydrogen (secondary N) is 2. The number of benzene rings is 2. The molecule has 1 aliphatic heterocycles. The maximum Gasteiger partial charge on any atom is 0.255 e. The van der Waals surface area contributed by atoms with Crippen LogP contribution in [0.3, 0.4) is 0 Å². The van der Waals surface area contributed by atoms with E-state index in [1.54, 1.807) is 0 Å². The Balaban J connectivity index is 1.72. The van der Waals surface area contributed by atoms with Crippen LogP contribution in [0, 0.1) is 25.2 Å². The molecule has 1 aliphatic rings. The molecule has 1 atom stereocenters. The van der Waals surface area contributed by atoms with Crippen LogP contribution in [0.2, 0.25) is 0 Å². The smallest absolute Gasteiger partial charge is 0.255 e. The summed E-state index contributed by atoms with van der Waals surface area (Å²) in [5.74, 6) is 0.610. The van der Waals surface area contributed by atoms with Crippen molar-refractivity contribution in [2.75, 3.05) is 37.9 Å². The molecule has 0 unspecified atom stereocenters. The Hall–Kier alpha value is -3.70. The fraction of sp³-hybridized carbons (Fsp3) is 0.407. The van der Waals surface area contributed by atoms with Gasteiger partial charge in [0.2, 0.25) is 0 Å². The number of fused-ring (bicyclic) bond motifs is 1. The molecule has 0 bridgehead atoms. The zero-order chi connectivity index (χ0) is 25.1. The average Bonchev–Trinajstić information content (AvgIpc) is 2.89. The van der Waals surface area contributed by atoms with Gasteiger partial charge in [0.25, 0.3) is 5.91 Å². The molecule has 0 aliphatic carbocycles. The summed E-state index contributed by atoms with van der Waals surface area (Å²) in [6.07, 6.45) is 1.68. The fourth-order valence-corrected chi connectivity index (χ4v) is 4.77. The Morgan fingerprint density at radius 2 is 1.94 bits per heavy atom. The molecule has 182 valence electrons. The van der Waals surface area contributed by atoms with E-state index >= 15 is 0 Å².